The van der Waals surface area contributed by atoms with Gasteiger partial charge >= 0.3 is 6.55 Å². The first-order valence-corrected chi connectivity index (χ1v) is 7.49. The molecule has 0 bridgehead atoms. The van der Waals surface area contributed by atoms with Crippen LogP contribution in [-0.2, 0) is 13.0 Å². The van der Waals surface area contributed by atoms with Crippen molar-refractivity contribution in [3.05, 3.63) is 66.0 Å². The van der Waals surface area contributed by atoms with Crippen LogP contribution in [0.2, 0.25) is 0 Å². The quantitative estimate of drug-likeness (QED) is 0.463. The lowest BCUT2D eigenvalue weighted by atomic mass is 10.1. The Kier molecular flexibility index (Phi) is 5.83. The number of carbonyl (C=O) groups excluding carboxylic acids is 1. The fourth-order valence-corrected chi connectivity index (χ4v) is 2.65. The Morgan fingerprint density at radius 3 is 2.42 bits per heavy atom. The van der Waals surface area contributed by atoms with Crippen LogP contribution in [0.15, 0.2) is 54.9 Å². The van der Waals surface area contributed by atoms with Crippen molar-refractivity contribution in [1.82, 2.24) is 4.57 Å². The van der Waals surface area contributed by atoms with Crippen LogP contribution >= 0.6 is 0 Å². The summed E-state index contributed by atoms with van der Waals surface area (Å²) in [7, 11) is 0. The highest BCUT2D eigenvalue weighted by atomic mass is 79.9. The molecule has 0 N–H and O–H groups in total. The molecule has 24 heavy (non-hydrogen) atoms. The van der Waals surface area contributed by atoms with Crippen LogP contribution in [-0.4, -0.2) is 10.4 Å². The maximum absolute atomic E-state index is 13.1. The standard InChI is InChI=1S/C18H17F2N2O.BrH/c1-2-13-7-9-14(10-8-13)17(23)11-21-12-22(18(19)20)16-6-4-3-5-15(16)21;/h3-10,12,18H,2,11H2,1H3;1H/q+1;/p-1. The van der Waals surface area contributed by atoms with Crippen molar-refractivity contribution >= 4 is 16.8 Å². The second-order valence-corrected chi connectivity index (χ2v) is 5.39. The van der Waals surface area contributed by atoms with Gasteiger partial charge in [0.1, 0.15) is 0 Å². The minimum atomic E-state index is -2.64. The van der Waals surface area contributed by atoms with E-state index in [9.17, 15) is 13.6 Å². The Labute approximate surface area is 149 Å². The van der Waals surface area contributed by atoms with E-state index in [4.69, 9.17) is 0 Å². The number of alkyl halides is 2. The predicted octanol–water partition coefficient (Wildman–Crippen LogP) is 0.773. The number of ketones is 1. The molecule has 0 spiro atoms. The summed E-state index contributed by atoms with van der Waals surface area (Å²) in [6, 6.07) is 14.2. The zero-order valence-corrected chi connectivity index (χ0v) is 14.7. The highest BCUT2D eigenvalue weighted by Crippen LogP contribution is 2.18. The molecule has 0 atom stereocenters. The molecule has 0 saturated heterocycles. The number of hydrogen-bond donors (Lipinski definition) is 0. The molecule has 0 fully saturated rings. The van der Waals surface area contributed by atoms with E-state index in [1.165, 1.54) is 6.33 Å². The third-order valence-electron chi connectivity index (χ3n) is 3.94. The monoisotopic (exact) mass is 394 g/mol. The number of rotatable bonds is 5. The van der Waals surface area contributed by atoms with E-state index >= 15 is 0 Å². The van der Waals surface area contributed by atoms with E-state index in [1.54, 1.807) is 41.0 Å². The summed E-state index contributed by atoms with van der Waals surface area (Å²) in [6.45, 7) is -0.558. The largest absolute Gasteiger partial charge is 1.00 e. The zero-order valence-electron chi connectivity index (χ0n) is 13.1. The van der Waals surface area contributed by atoms with E-state index in [0.717, 1.165) is 16.6 Å². The van der Waals surface area contributed by atoms with E-state index in [2.05, 4.69) is 0 Å². The number of para-hydroxylation sites is 2. The Hall–Kier alpha value is -2.08. The van der Waals surface area contributed by atoms with Crippen LogP contribution in [0.1, 0.15) is 29.4 Å². The van der Waals surface area contributed by atoms with Gasteiger partial charge in [-0.2, -0.15) is 13.3 Å². The van der Waals surface area contributed by atoms with Gasteiger partial charge in [0.15, 0.2) is 17.6 Å². The fraction of sp³-hybridized carbons (Fsp3) is 0.222. The minimum Gasteiger partial charge on any atom is -1.00 e. The van der Waals surface area contributed by atoms with Crippen molar-refractivity contribution < 1.29 is 35.1 Å². The molecule has 0 aliphatic carbocycles. The topological polar surface area (TPSA) is 25.9 Å². The van der Waals surface area contributed by atoms with Crippen LogP contribution < -0.4 is 21.5 Å². The Morgan fingerprint density at radius 1 is 1.12 bits per heavy atom. The lowest BCUT2D eigenvalue weighted by Crippen LogP contribution is -3.00. The van der Waals surface area contributed by atoms with Crippen molar-refractivity contribution in [2.45, 2.75) is 26.4 Å². The van der Waals surface area contributed by atoms with Crippen LogP contribution in [0.5, 0.6) is 0 Å². The third-order valence-corrected chi connectivity index (χ3v) is 3.94. The van der Waals surface area contributed by atoms with Gasteiger partial charge in [-0.15, -0.1) is 0 Å². The lowest BCUT2D eigenvalue weighted by molar-refractivity contribution is -0.658. The van der Waals surface area contributed by atoms with Gasteiger partial charge in [0.2, 0.25) is 12.1 Å². The van der Waals surface area contributed by atoms with Gasteiger partial charge in [0.25, 0.3) is 0 Å². The molecule has 6 heteroatoms. The third kappa shape index (κ3) is 3.53. The number of carbonyl (C=O) groups is 1. The van der Waals surface area contributed by atoms with Crippen LogP contribution in [0.3, 0.4) is 0 Å². The number of hydrogen-bond acceptors (Lipinski definition) is 1. The van der Waals surface area contributed by atoms with Crippen LogP contribution in [0.4, 0.5) is 8.78 Å². The number of Topliss-reactive ketones (excluding diaryl/α,β-unsaturated/α-hetero) is 1. The first-order valence-electron chi connectivity index (χ1n) is 7.49. The molecule has 3 nitrogen and oxygen atoms in total. The molecule has 0 aliphatic rings. The van der Waals surface area contributed by atoms with E-state index in [1.807, 2.05) is 19.1 Å². The van der Waals surface area contributed by atoms with Crippen molar-refractivity contribution in [3.63, 3.8) is 0 Å². The number of aryl methyl sites for hydroxylation is 1. The Balaban J connectivity index is 0.00000208. The van der Waals surface area contributed by atoms with Crippen molar-refractivity contribution in [2.75, 3.05) is 0 Å². The number of aromatic nitrogens is 2. The number of halogens is 3. The summed E-state index contributed by atoms with van der Waals surface area (Å²) in [4.78, 5) is 12.4. The smallest absolute Gasteiger partial charge is 0.387 e. The summed E-state index contributed by atoms with van der Waals surface area (Å²) in [5.41, 5.74) is 2.77. The SMILES string of the molecule is CCc1ccc(C(=O)C[n+]2cn(C(F)F)c3ccccc32)cc1.[Br-]. The van der Waals surface area contributed by atoms with Crippen molar-refractivity contribution in [1.29, 1.82) is 0 Å². The second-order valence-electron chi connectivity index (χ2n) is 5.39. The Morgan fingerprint density at radius 2 is 1.79 bits per heavy atom. The predicted molar refractivity (Wildman–Crippen MR) is 83.5 cm³/mol. The second kappa shape index (κ2) is 7.66. The van der Waals surface area contributed by atoms with E-state index in [-0.39, 0.29) is 29.3 Å². The molecule has 0 amide bonds. The highest BCUT2D eigenvalue weighted by Gasteiger charge is 2.23. The van der Waals surface area contributed by atoms with Crippen LogP contribution in [0.25, 0.3) is 11.0 Å². The Bertz CT molecular complexity index is 844. The first-order chi connectivity index (χ1) is 11.1. The molecule has 0 saturated carbocycles. The van der Waals surface area contributed by atoms with Gasteiger partial charge in [-0.3, -0.25) is 4.79 Å². The minimum absolute atomic E-state index is 0. The van der Waals surface area contributed by atoms with Gasteiger partial charge < -0.3 is 17.0 Å². The molecular formula is C18H17BrF2N2O. The zero-order chi connectivity index (χ0) is 16.4. The average Bonchev–Trinajstić information content (AvgIpc) is 2.94. The van der Waals surface area contributed by atoms with E-state index in [0.29, 0.717) is 16.6 Å². The first kappa shape index (κ1) is 18.3. The summed E-state index contributed by atoms with van der Waals surface area (Å²) in [5.74, 6) is -0.102. The van der Waals surface area contributed by atoms with Gasteiger partial charge in [0.05, 0.1) is 0 Å². The summed E-state index contributed by atoms with van der Waals surface area (Å²) in [6.07, 6.45) is 2.21. The molecule has 1 heterocycles. The molecule has 3 aromatic rings. The number of nitrogens with zero attached hydrogens (tertiary/aromatic N) is 2. The van der Waals surface area contributed by atoms with Crippen LogP contribution in [0, 0.1) is 0 Å². The fourth-order valence-electron chi connectivity index (χ4n) is 2.65. The summed E-state index contributed by atoms with van der Waals surface area (Å²) >= 11 is 0. The summed E-state index contributed by atoms with van der Waals surface area (Å²) in [5, 5.41) is 0. The average molecular weight is 395 g/mol. The molecular weight excluding hydrogens is 378 g/mol. The maximum Gasteiger partial charge on any atom is 0.387 e. The molecule has 2 aromatic carbocycles. The molecule has 3 rings (SSSR count). The normalized spacial score (nSPS) is 10.8. The highest BCUT2D eigenvalue weighted by molar-refractivity contribution is 5.95. The van der Waals surface area contributed by atoms with Crippen molar-refractivity contribution in [3.8, 4) is 0 Å². The maximum atomic E-state index is 13.1. The number of imidazole rings is 1. The summed E-state index contributed by atoms with van der Waals surface area (Å²) < 4.78 is 28.7. The van der Waals surface area contributed by atoms with Gasteiger partial charge in [-0.25, -0.2) is 4.57 Å². The number of fused-ring (bicyclic) bond motifs is 1. The van der Waals surface area contributed by atoms with Crippen molar-refractivity contribution in [2.24, 2.45) is 0 Å². The van der Waals surface area contributed by atoms with Gasteiger partial charge in [-0.1, -0.05) is 43.3 Å². The molecule has 0 aliphatic heterocycles. The van der Waals surface area contributed by atoms with E-state index < -0.39 is 6.55 Å². The number of benzene rings is 2. The molecule has 0 unspecified atom stereocenters. The van der Waals surface area contributed by atoms with Gasteiger partial charge in [-0.05, 0) is 24.1 Å². The van der Waals surface area contributed by atoms with Gasteiger partial charge in [0, 0.05) is 5.56 Å². The molecule has 1 aromatic heterocycles. The molecule has 126 valence electrons. The lowest BCUT2D eigenvalue weighted by Gasteiger charge is -2.01. The molecule has 0 radical (unpaired) electrons.